The summed E-state index contributed by atoms with van der Waals surface area (Å²) in [6.07, 6.45) is 7.49. The van der Waals surface area contributed by atoms with Gasteiger partial charge in [0.25, 0.3) is 0 Å². The normalized spacial score (nSPS) is 17.1. The van der Waals surface area contributed by atoms with Gasteiger partial charge in [0.2, 0.25) is 0 Å². The Labute approximate surface area is 157 Å². The standard InChI is InChI=1S/C19H23N7O/c1-15-18(14-26(22-15)17-7-3-2-4-8-17)21-19(27)24-10-5-6-16(12-24)13-25-11-9-20-23-25/h2-4,7-9,11,14,16H,5-6,10,12-13H2,1H3,(H,21,27). The van der Waals surface area contributed by atoms with Crippen LogP contribution in [0.3, 0.4) is 0 Å². The van der Waals surface area contributed by atoms with Gasteiger partial charge in [-0.15, -0.1) is 5.10 Å². The van der Waals surface area contributed by atoms with Gasteiger partial charge in [-0.25, -0.2) is 9.48 Å². The molecule has 2 amide bonds. The van der Waals surface area contributed by atoms with Crippen molar-refractivity contribution < 1.29 is 4.79 Å². The molecule has 1 aliphatic rings. The number of nitrogens with one attached hydrogen (secondary N) is 1. The van der Waals surface area contributed by atoms with Crippen molar-refractivity contribution in [3.8, 4) is 5.69 Å². The average Bonchev–Trinajstić information content (AvgIpc) is 3.33. The molecule has 3 heterocycles. The van der Waals surface area contributed by atoms with Gasteiger partial charge in [-0.1, -0.05) is 23.4 Å². The number of amides is 2. The maximum atomic E-state index is 12.8. The largest absolute Gasteiger partial charge is 0.324 e. The smallest absolute Gasteiger partial charge is 0.321 e. The lowest BCUT2D eigenvalue weighted by Crippen LogP contribution is -2.43. The summed E-state index contributed by atoms with van der Waals surface area (Å²) in [7, 11) is 0. The van der Waals surface area contributed by atoms with Gasteiger partial charge in [0.1, 0.15) is 0 Å². The molecule has 1 N–H and O–H groups in total. The number of likely N-dealkylation sites (tertiary alicyclic amines) is 1. The number of carbonyl (C=O) groups excluding carboxylic acids is 1. The fraction of sp³-hybridized carbons (Fsp3) is 0.368. The van der Waals surface area contributed by atoms with E-state index in [0.717, 1.165) is 49.5 Å². The van der Waals surface area contributed by atoms with Gasteiger partial charge in [-0.05, 0) is 37.8 Å². The molecule has 140 valence electrons. The highest BCUT2D eigenvalue weighted by atomic mass is 16.2. The summed E-state index contributed by atoms with van der Waals surface area (Å²) in [5, 5.41) is 15.4. The summed E-state index contributed by atoms with van der Waals surface area (Å²) in [6.45, 7) is 4.18. The van der Waals surface area contributed by atoms with Crippen molar-refractivity contribution in [2.45, 2.75) is 26.3 Å². The van der Waals surface area contributed by atoms with Gasteiger partial charge in [0.05, 0.1) is 29.5 Å². The summed E-state index contributed by atoms with van der Waals surface area (Å²) < 4.78 is 3.62. The molecule has 27 heavy (non-hydrogen) atoms. The fourth-order valence-electron chi connectivity index (χ4n) is 3.48. The van der Waals surface area contributed by atoms with Crippen LogP contribution in [0.5, 0.6) is 0 Å². The zero-order valence-electron chi connectivity index (χ0n) is 15.3. The molecule has 8 nitrogen and oxygen atoms in total. The number of anilines is 1. The third kappa shape index (κ3) is 3.99. The first-order valence-corrected chi connectivity index (χ1v) is 9.21. The van der Waals surface area contributed by atoms with E-state index in [-0.39, 0.29) is 6.03 Å². The molecule has 1 atom stereocenters. The van der Waals surface area contributed by atoms with Crippen molar-refractivity contribution in [2.24, 2.45) is 5.92 Å². The number of para-hydroxylation sites is 1. The molecule has 0 radical (unpaired) electrons. The van der Waals surface area contributed by atoms with Crippen molar-refractivity contribution in [3.63, 3.8) is 0 Å². The maximum Gasteiger partial charge on any atom is 0.321 e. The van der Waals surface area contributed by atoms with Crippen LogP contribution in [0.2, 0.25) is 0 Å². The lowest BCUT2D eigenvalue weighted by molar-refractivity contribution is 0.168. The Hall–Kier alpha value is -3.16. The van der Waals surface area contributed by atoms with E-state index in [0.29, 0.717) is 5.92 Å². The number of hydrogen-bond donors (Lipinski definition) is 1. The molecule has 2 aromatic heterocycles. The van der Waals surface area contributed by atoms with Crippen LogP contribution in [0.15, 0.2) is 48.9 Å². The van der Waals surface area contributed by atoms with E-state index < -0.39 is 0 Å². The van der Waals surface area contributed by atoms with Crippen molar-refractivity contribution >= 4 is 11.7 Å². The monoisotopic (exact) mass is 365 g/mol. The van der Waals surface area contributed by atoms with Crippen molar-refractivity contribution in [3.05, 3.63) is 54.6 Å². The average molecular weight is 365 g/mol. The topological polar surface area (TPSA) is 80.9 Å². The van der Waals surface area contributed by atoms with Crippen LogP contribution >= 0.6 is 0 Å². The molecule has 8 heteroatoms. The van der Waals surface area contributed by atoms with E-state index in [9.17, 15) is 4.79 Å². The number of urea groups is 1. The Kier molecular flexibility index (Phi) is 4.86. The van der Waals surface area contributed by atoms with Crippen LogP contribution in [0.1, 0.15) is 18.5 Å². The van der Waals surface area contributed by atoms with Crippen LogP contribution in [0, 0.1) is 12.8 Å². The third-order valence-corrected chi connectivity index (χ3v) is 4.88. The van der Waals surface area contributed by atoms with E-state index in [1.807, 2.05) is 59.2 Å². The number of rotatable bonds is 4. The first-order valence-electron chi connectivity index (χ1n) is 9.21. The predicted octanol–water partition coefficient (Wildman–Crippen LogP) is 2.72. The Morgan fingerprint density at radius 2 is 2.15 bits per heavy atom. The van der Waals surface area contributed by atoms with E-state index in [1.54, 1.807) is 10.9 Å². The molecule has 1 fully saturated rings. The summed E-state index contributed by atoms with van der Waals surface area (Å²) >= 11 is 0. The number of aryl methyl sites for hydroxylation is 1. The van der Waals surface area contributed by atoms with E-state index in [2.05, 4.69) is 20.7 Å². The molecule has 1 aliphatic heterocycles. The van der Waals surface area contributed by atoms with E-state index in [1.165, 1.54) is 0 Å². The Bertz CT molecular complexity index is 888. The molecule has 1 unspecified atom stereocenters. The van der Waals surface area contributed by atoms with Crippen LogP contribution in [-0.2, 0) is 6.54 Å². The minimum Gasteiger partial charge on any atom is -0.324 e. The van der Waals surface area contributed by atoms with E-state index in [4.69, 9.17) is 0 Å². The fourth-order valence-corrected chi connectivity index (χ4v) is 3.48. The first-order chi connectivity index (χ1) is 13.2. The van der Waals surface area contributed by atoms with Crippen LogP contribution in [0.25, 0.3) is 5.69 Å². The lowest BCUT2D eigenvalue weighted by atomic mass is 9.98. The highest BCUT2D eigenvalue weighted by Gasteiger charge is 2.25. The van der Waals surface area contributed by atoms with Crippen LogP contribution in [0.4, 0.5) is 10.5 Å². The lowest BCUT2D eigenvalue weighted by Gasteiger charge is -2.32. The zero-order valence-corrected chi connectivity index (χ0v) is 15.3. The summed E-state index contributed by atoms with van der Waals surface area (Å²) in [5.41, 5.74) is 2.50. The van der Waals surface area contributed by atoms with Gasteiger partial charge < -0.3 is 10.2 Å². The molecular weight excluding hydrogens is 342 g/mol. The number of aromatic nitrogens is 5. The Balaban J connectivity index is 1.40. The number of carbonyl (C=O) groups is 1. The Morgan fingerprint density at radius 3 is 2.93 bits per heavy atom. The number of hydrogen-bond acceptors (Lipinski definition) is 4. The van der Waals surface area contributed by atoms with Gasteiger partial charge in [-0.2, -0.15) is 5.10 Å². The SMILES string of the molecule is Cc1nn(-c2ccccc2)cc1NC(=O)N1CCCC(Cn2ccnn2)C1. The number of benzene rings is 1. The second-order valence-corrected chi connectivity index (χ2v) is 6.92. The van der Waals surface area contributed by atoms with Gasteiger partial charge in [0.15, 0.2) is 0 Å². The van der Waals surface area contributed by atoms with E-state index >= 15 is 0 Å². The maximum absolute atomic E-state index is 12.8. The molecule has 0 aliphatic carbocycles. The minimum atomic E-state index is -0.0750. The molecule has 0 saturated carbocycles. The second-order valence-electron chi connectivity index (χ2n) is 6.92. The van der Waals surface area contributed by atoms with Gasteiger partial charge in [0, 0.05) is 25.8 Å². The highest BCUT2D eigenvalue weighted by Crippen LogP contribution is 2.21. The number of nitrogens with zero attached hydrogens (tertiary/aromatic N) is 6. The Morgan fingerprint density at radius 1 is 1.30 bits per heavy atom. The van der Waals surface area contributed by atoms with Crippen molar-refractivity contribution in [1.82, 2.24) is 29.7 Å². The molecule has 1 aromatic carbocycles. The van der Waals surface area contributed by atoms with Gasteiger partial charge >= 0.3 is 6.03 Å². The predicted molar refractivity (Wildman–Crippen MR) is 102 cm³/mol. The molecular formula is C19H23N7O. The van der Waals surface area contributed by atoms with Crippen LogP contribution in [-0.4, -0.2) is 48.8 Å². The molecule has 3 aromatic rings. The molecule has 4 rings (SSSR count). The molecule has 0 spiro atoms. The quantitative estimate of drug-likeness (QED) is 0.771. The molecule has 0 bridgehead atoms. The summed E-state index contributed by atoms with van der Waals surface area (Å²) in [4.78, 5) is 14.6. The zero-order chi connectivity index (χ0) is 18.6. The number of piperidine rings is 1. The van der Waals surface area contributed by atoms with Crippen molar-refractivity contribution in [2.75, 3.05) is 18.4 Å². The van der Waals surface area contributed by atoms with Gasteiger partial charge in [-0.3, -0.25) is 4.68 Å². The minimum absolute atomic E-state index is 0.0750. The summed E-state index contributed by atoms with van der Waals surface area (Å²) in [5.74, 6) is 0.388. The van der Waals surface area contributed by atoms with Crippen molar-refractivity contribution in [1.29, 1.82) is 0 Å². The molecule has 1 saturated heterocycles. The first kappa shape index (κ1) is 17.3. The summed E-state index contributed by atoms with van der Waals surface area (Å²) in [6, 6.07) is 9.79. The third-order valence-electron chi connectivity index (χ3n) is 4.88. The van der Waals surface area contributed by atoms with Crippen LogP contribution < -0.4 is 5.32 Å². The second kappa shape index (κ2) is 7.61. The highest BCUT2D eigenvalue weighted by molar-refractivity contribution is 5.89.